The molecule has 0 spiro atoms. The van der Waals surface area contributed by atoms with Gasteiger partial charge >= 0.3 is 12.0 Å². The molecule has 1 fully saturated rings. The van der Waals surface area contributed by atoms with Gasteiger partial charge in [-0.2, -0.15) is 0 Å². The van der Waals surface area contributed by atoms with Crippen molar-refractivity contribution in [2.45, 2.75) is 25.4 Å². The molecule has 1 aromatic heterocycles. The maximum atomic E-state index is 11.8. The zero-order valence-corrected chi connectivity index (χ0v) is 9.73. The normalized spacial score (nSPS) is 20.5. The van der Waals surface area contributed by atoms with Crippen molar-refractivity contribution in [1.82, 2.24) is 15.2 Å². The van der Waals surface area contributed by atoms with Crippen LogP contribution < -0.4 is 5.32 Å². The van der Waals surface area contributed by atoms with Crippen LogP contribution in [-0.2, 0) is 4.79 Å². The van der Waals surface area contributed by atoms with Crippen molar-refractivity contribution >= 4 is 12.0 Å². The van der Waals surface area contributed by atoms with Gasteiger partial charge in [0.15, 0.2) is 0 Å². The molecule has 2 rings (SSSR count). The highest BCUT2D eigenvalue weighted by atomic mass is 16.4. The number of hydrogen-bond donors (Lipinski definition) is 3. The lowest BCUT2D eigenvalue weighted by Crippen LogP contribution is -2.51. The molecule has 0 radical (unpaired) electrons. The van der Waals surface area contributed by atoms with Crippen LogP contribution in [0.25, 0.3) is 0 Å². The van der Waals surface area contributed by atoms with E-state index in [1.165, 1.54) is 18.7 Å². The fraction of sp³-hybridized carbons (Fsp3) is 0.455. The van der Waals surface area contributed by atoms with Gasteiger partial charge in [-0.15, -0.1) is 0 Å². The minimum atomic E-state index is -1.20. The molecule has 2 amide bonds. The molecule has 1 atom stereocenters. The van der Waals surface area contributed by atoms with Gasteiger partial charge in [0, 0.05) is 18.9 Å². The second kappa shape index (κ2) is 3.80. The largest absolute Gasteiger partial charge is 0.480 e. The van der Waals surface area contributed by atoms with Crippen molar-refractivity contribution < 1.29 is 14.7 Å². The molecule has 3 N–H and O–H groups in total. The van der Waals surface area contributed by atoms with E-state index in [1.54, 1.807) is 12.4 Å². The van der Waals surface area contributed by atoms with Crippen LogP contribution in [0.4, 0.5) is 4.79 Å². The Morgan fingerprint density at radius 1 is 1.59 bits per heavy atom. The van der Waals surface area contributed by atoms with E-state index in [1.807, 2.05) is 6.07 Å². The van der Waals surface area contributed by atoms with Crippen LogP contribution in [0.3, 0.4) is 0 Å². The lowest BCUT2D eigenvalue weighted by Gasteiger charge is -2.30. The minimum absolute atomic E-state index is 0.160. The number of carbonyl (C=O) groups is 2. The molecule has 1 aromatic rings. The van der Waals surface area contributed by atoms with E-state index in [0.29, 0.717) is 6.54 Å². The van der Waals surface area contributed by atoms with E-state index < -0.39 is 11.5 Å². The smallest absolute Gasteiger partial charge is 0.329 e. The number of rotatable bonds is 3. The Morgan fingerprint density at radius 3 is 2.82 bits per heavy atom. The molecular formula is C11H15N3O3. The van der Waals surface area contributed by atoms with Crippen LogP contribution in [0.5, 0.6) is 0 Å². The summed E-state index contributed by atoms with van der Waals surface area (Å²) in [6.07, 6.45) is 3.56. The highest BCUT2D eigenvalue weighted by Gasteiger charge is 2.43. The van der Waals surface area contributed by atoms with Gasteiger partial charge in [0.25, 0.3) is 0 Å². The SMILES string of the molecule is CC(C)(C(=O)O)N1CC(c2cc[nH]c2)NC1=O. The summed E-state index contributed by atoms with van der Waals surface area (Å²) in [5.41, 5.74) is -0.253. The Balaban J connectivity index is 2.19. The van der Waals surface area contributed by atoms with E-state index in [4.69, 9.17) is 5.11 Å². The third-order valence-corrected chi connectivity index (χ3v) is 3.13. The number of carbonyl (C=O) groups excluding carboxylic acids is 1. The number of urea groups is 1. The Kier molecular flexibility index (Phi) is 2.57. The molecule has 2 heterocycles. The maximum Gasteiger partial charge on any atom is 0.329 e. The van der Waals surface area contributed by atoms with Gasteiger partial charge in [0.05, 0.1) is 6.04 Å². The number of aromatic nitrogens is 1. The topological polar surface area (TPSA) is 85.4 Å². The second-order valence-corrected chi connectivity index (χ2v) is 4.62. The minimum Gasteiger partial charge on any atom is -0.480 e. The van der Waals surface area contributed by atoms with E-state index in [2.05, 4.69) is 10.3 Å². The van der Waals surface area contributed by atoms with Crippen molar-refractivity contribution in [1.29, 1.82) is 0 Å². The molecule has 1 saturated heterocycles. The monoisotopic (exact) mass is 237 g/mol. The average molecular weight is 237 g/mol. The molecular weight excluding hydrogens is 222 g/mol. The van der Waals surface area contributed by atoms with Gasteiger partial charge in [-0.05, 0) is 25.5 Å². The number of aromatic amines is 1. The zero-order chi connectivity index (χ0) is 12.6. The van der Waals surface area contributed by atoms with Crippen molar-refractivity contribution in [3.63, 3.8) is 0 Å². The summed E-state index contributed by atoms with van der Waals surface area (Å²) in [6.45, 7) is 3.40. The molecule has 92 valence electrons. The molecule has 1 unspecified atom stereocenters. The van der Waals surface area contributed by atoms with Crippen LogP contribution in [0.2, 0.25) is 0 Å². The molecule has 17 heavy (non-hydrogen) atoms. The van der Waals surface area contributed by atoms with Crippen LogP contribution in [0, 0.1) is 0 Å². The number of H-pyrrole nitrogens is 1. The summed E-state index contributed by atoms with van der Waals surface area (Å²) >= 11 is 0. The molecule has 6 heteroatoms. The highest BCUT2D eigenvalue weighted by molar-refractivity contribution is 5.87. The Labute approximate surface area is 98.6 Å². The van der Waals surface area contributed by atoms with Gasteiger partial charge < -0.3 is 20.3 Å². The highest BCUT2D eigenvalue weighted by Crippen LogP contribution is 2.26. The Bertz CT molecular complexity index is 439. The number of carboxylic acids is 1. The summed E-state index contributed by atoms with van der Waals surface area (Å²) in [5.74, 6) is -1.01. The van der Waals surface area contributed by atoms with Gasteiger partial charge in [0.2, 0.25) is 0 Å². The lowest BCUT2D eigenvalue weighted by molar-refractivity contribution is -0.147. The number of amides is 2. The van der Waals surface area contributed by atoms with Gasteiger partial charge in [-0.25, -0.2) is 9.59 Å². The van der Waals surface area contributed by atoms with E-state index in [-0.39, 0.29) is 12.1 Å². The standard InChI is InChI=1S/C11H15N3O3/c1-11(2,9(15)16)14-6-8(13-10(14)17)7-3-4-12-5-7/h3-5,8,12H,6H2,1-2H3,(H,13,17)(H,15,16). The van der Waals surface area contributed by atoms with Crippen LogP contribution in [0.15, 0.2) is 18.5 Å². The van der Waals surface area contributed by atoms with Crippen molar-refractivity contribution in [2.75, 3.05) is 6.54 Å². The number of carboxylic acid groups (broad SMARTS) is 1. The van der Waals surface area contributed by atoms with Gasteiger partial charge in [-0.1, -0.05) is 0 Å². The first-order valence-electron chi connectivity index (χ1n) is 5.37. The zero-order valence-electron chi connectivity index (χ0n) is 9.73. The molecule has 0 aliphatic carbocycles. The second-order valence-electron chi connectivity index (χ2n) is 4.62. The molecule has 0 aromatic carbocycles. The average Bonchev–Trinajstić information content (AvgIpc) is 2.85. The predicted octanol–water partition coefficient (Wildman–Crippen LogP) is 0.944. The van der Waals surface area contributed by atoms with Crippen molar-refractivity contribution in [3.05, 3.63) is 24.0 Å². The lowest BCUT2D eigenvalue weighted by atomic mass is 10.0. The summed E-state index contributed by atoms with van der Waals surface area (Å²) in [5, 5.41) is 11.9. The van der Waals surface area contributed by atoms with Gasteiger partial charge in [-0.3, -0.25) is 0 Å². The van der Waals surface area contributed by atoms with E-state index in [9.17, 15) is 9.59 Å². The summed E-state index contributed by atoms with van der Waals surface area (Å²) in [7, 11) is 0. The van der Waals surface area contributed by atoms with Gasteiger partial charge in [0.1, 0.15) is 5.54 Å². The van der Waals surface area contributed by atoms with Crippen LogP contribution in [-0.4, -0.2) is 39.1 Å². The summed E-state index contributed by atoms with van der Waals surface area (Å²) in [4.78, 5) is 27.1. The molecule has 1 aliphatic rings. The van der Waals surface area contributed by atoms with Crippen molar-refractivity contribution in [2.24, 2.45) is 0 Å². The van der Waals surface area contributed by atoms with E-state index >= 15 is 0 Å². The van der Waals surface area contributed by atoms with E-state index in [0.717, 1.165) is 5.56 Å². The fourth-order valence-electron chi connectivity index (χ4n) is 1.88. The number of aliphatic carboxylic acids is 1. The predicted molar refractivity (Wildman–Crippen MR) is 60.5 cm³/mol. The number of nitrogens with zero attached hydrogens (tertiary/aromatic N) is 1. The number of nitrogens with one attached hydrogen (secondary N) is 2. The van der Waals surface area contributed by atoms with Crippen LogP contribution >= 0.6 is 0 Å². The molecule has 6 nitrogen and oxygen atoms in total. The third-order valence-electron chi connectivity index (χ3n) is 3.13. The third kappa shape index (κ3) is 1.86. The first-order valence-corrected chi connectivity index (χ1v) is 5.37. The maximum absolute atomic E-state index is 11.8. The summed E-state index contributed by atoms with van der Waals surface area (Å²) in [6, 6.07) is 1.36. The summed E-state index contributed by atoms with van der Waals surface area (Å²) < 4.78 is 0. The molecule has 0 saturated carbocycles. The quantitative estimate of drug-likeness (QED) is 0.731. The Morgan fingerprint density at radius 2 is 2.29 bits per heavy atom. The first-order chi connectivity index (χ1) is 7.93. The van der Waals surface area contributed by atoms with Crippen molar-refractivity contribution in [3.8, 4) is 0 Å². The number of hydrogen-bond acceptors (Lipinski definition) is 2. The molecule has 0 bridgehead atoms. The van der Waals surface area contributed by atoms with Crippen LogP contribution in [0.1, 0.15) is 25.5 Å². The first kappa shape index (κ1) is 11.5. The molecule has 1 aliphatic heterocycles. The fourth-order valence-corrected chi connectivity index (χ4v) is 1.88. The Hall–Kier alpha value is -1.98.